The van der Waals surface area contributed by atoms with E-state index in [0.29, 0.717) is 17.9 Å². The summed E-state index contributed by atoms with van der Waals surface area (Å²) in [5, 5.41) is 17.8. The predicted octanol–water partition coefficient (Wildman–Crippen LogP) is 11.1. The fraction of sp³-hybridized carbons (Fsp3) is 0.795. The van der Waals surface area contributed by atoms with Crippen LogP contribution >= 0.6 is 60.2 Å². The molecule has 4 fully saturated rings. The Hall–Kier alpha value is 0.120. The van der Waals surface area contributed by atoms with Crippen molar-refractivity contribution in [1.82, 2.24) is 9.34 Å². The molecule has 4 aliphatic rings. The van der Waals surface area contributed by atoms with Gasteiger partial charge in [-0.25, -0.2) is 26.2 Å². The lowest BCUT2D eigenvalue weighted by atomic mass is 10.0. The molecule has 0 amide bonds. The third-order valence-corrected chi connectivity index (χ3v) is 26.9. The summed E-state index contributed by atoms with van der Waals surface area (Å²) in [6, 6.07) is 13.6. The van der Waals surface area contributed by atoms with Crippen LogP contribution in [0.15, 0.2) is 35.2 Å². The summed E-state index contributed by atoms with van der Waals surface area (Å²) >= 11 is 0. The van der Waals surface area contributed by atoms with Gasteiger partial charge in [0.1, 0.15) is 21.4 Å². The van der Waals surface area contributed by atoms with Gasteiger partial charge >= 0.3 is 0 Å². The largest absolute Gasteiger partial charge is 0.321 e. The third-order valence-electron chi connectivity index (χ3n) is 9.87. The molecule has 6 atom stereocenters. The van der Waals surface area contributed by atoms with Crippen LogP contribution in [0.25, 0.3) is 0 Å². The second kappa shape index (κ2) is 24.4. The lowest BCUT2D eigenvalue weighted by Crippen LogP contribution is -2.44. The first-order chi connectivity index (χ1) is 27.8. The number of rotatable bonds is 19. The van der Waals surface area contributed by atoms with Crippen LogP contribution < -0.4 is 0 Å². The van der Waals surface area contributed by atoms with Gasteiger partial charge in [0.15, 0.2) is 19.7 Å². The molecule has 2 aliphatic heterocycles. The Kier molecular flexibility index (Phi) is 22.1. The van der Waals surface area contributed by atoms with E-state index >= 15 is 0 Å². The van der Waals surface area contributed by atoms with Gasteiger partial charge in [-0.1, -0.05) is 88.1 Å². The highest BCUT2D eigenvalue weighted by Gasteiger charge is 2.63. The van der Waals surface area contributed by atoms with Crippen molar-refractivity contribution < 1.29 is 34.9 Å². The lowest BCUT2D eigenvalue weighted by Gasteiger charge is -2.40. The Morgan fingerprint density at radius 3 is 1.46 bits per heavy atom. The van der Waals surface area contributed by atoms with Crippen LogP contribution in [0.1, 0.15) is 121 Å². The molecule has 2 heterocycles. The lowest BCUT2D eigenvalue weighted by molar-refractivity contribution is 0.117. The number of hydrogen-bond donors (Lipinski definition) is 0. The van der Waals surface area contributed by atoms with Crippen LogP contribution in [0.3, 0.4) is 0 Å². The van der Waals surface area contributed by atoms with E-state index in [1.807, 2.05) is 19.9 Å². The Labute approximate surface area is 374 Å². The number of hydrogen-bond acceptors (Lipinski definition) is 16. The Balaban J connectivity index is 0.000000311. The average Bonchev–Trinajstić information content (AvgIpc) is 3.44. The molecule has 0 N–H and O–H groups in total. The van der Waals surface area contributed by atoms with Gasteiger partial charge < -0.3 is 18.1 Å². The summed E-state index contributed by atoms with van der Waals surface area (Å²) in [5.74, 6) is 0. The van der Waals surface area contributed by atoms with Gasteiger partial charge in [0.2, 0.25) is 0 Å². The minimum Gasteiger partial charge on any atom is -0.321 e. The Bertz CT molecular complexity index is 1720. The first-order valence-corrected chi connectivity index (χ1v) is 30.7. The summed E-state index contributed by atoms with van der Waals surface area (Å²) < 4.78 is 79.7. The molecule has 1 aromatic carbocycles. The Morgan fingerprint density at radius 2 is 1.08 bits per heavy atom. The maximum absolute atomic E-state index is 13.7. The van der Waals surface area contributed by atoms with Crippen molar-refractivity contribution in [2.24, 2.45) is 0 Å². The zero-order chi connectivity index (χ0) is 44.2. The second-order valence-electron chi connectivity index (χ2n) is 15.8. The summed E-state index contributed by atoms with van der Waals surface area (Å²) in [5.41, 5.74) is 0. The molecule has 6 unspecified atom stereocenters. The maximum Gasteiger partial charge on any atom is 0.259 e. The molecule has 5 rings (SSSR count). The first kappa shape index (κ1) is 53.5. The van der Waals surface area contributed by atoms with Crippen LogP contribution in [0, 0.1) is 22.7 Å². The second-order valence-corrected chi connectivity index (χ2v) is 28.9. The number of benzene rings is 1. The molecule has 2 saturated heterocycles. The summed E-state index contributed by atoms with van der Waals surface area (Å²) in [7, 11) is -3.57. The van der Waals surface area contributed by atoms with Crippen molar-refractivity contribution in [2.45, 2.75) is 181 Å². The van der Waals surface area contributed by atoms with Gasteiger partial charge in [-0.2, -0.15) is 10.5 Å². The molecular weight excluding hydrogens is 907 g/mol. The fourth-order valence-corrected chi connectivity index (χ4v) is 24.6. The van der Waals surface area contributed by atoms with E-state index in [0.717, 1.165) is 38.5 Å². The molecule has 2 saturated carbocycles. The molecule has 0 bridgehead atoms. The van der Waals surface area contributed by atoms with Gasteiger partial charge in [-0.05, 0) is 93.2 Å². The number of sulfone groups is 2. The van der Waals surface area contributed by atoms with Gasteiger partial charge in [0.25, 0.3) is 17.1 Å². The van der Waals surface area contributed by atoms with Crippen LogP contribution in [-0.4, -0.2) is 101 Å². The van der Waals surface area contributed by atoms with Crippen LogP contribution in [0.4, 0.5) is 0 Å². The first-order valence-electron chi connectivity index (χ1n) is 20.5. The molecule has 59 heavy (non-hydrogen) atoms. The van der Waals surface area contributed by atoms with Gasteiger partial charge in [0.05, 0.1) is 52.6 Å². The normalized spacial score (nSPS) is 24.3. The summed E-state index contributed by atoms with van der Waals surface area (Å²) in [6.07, 6.45) is 7.01. The van der Waals surface area contributed by atoms with E-state index in [1.54, 1.807) is 45.9 Å². The minimum atomic E-state index is -3.59. The van der Waals surface area contributed by atoms with Gasteiger partial charge in [0, 0.05) is 30.4 Å². The highest BCUT2D eigenvalue weighted by atomic mass is 33.1. The molecule has 2 spiro atoms. The van der Waals surface area contributed by atoms with Crippen molar-refractivity contribution in [1.29, 1.82) is 10.5 Å². The van der Waals surface area contributed by atoms with Crippen molar-refractivity contribution >= 4 is 79.9 Å². The van der Waals surface area contributed by atoms with Crippen molar-refractivity contribution in [2.75, 3.05) is 19.5 Å². The maximum atomic E-state index is 13.7. The number of nitrogens with zero attached hydrogens (tertiary/aromatic N) is 4. The fourth-order valence-electron chi connectivity index (χ4n) is 7.14. The van der Waals surface area contributed by atoms with Gasteiger partial charge in [-0.15, -0.1) is 0 Å². The van der Waals surface area contributed by atoms with Crippen molar-refractivity contribution in [3.05, 3.63) is 30.3 Å². The molecule has 20 heteroatoms. The van der Waals surface area contributed by atoms with E-state index < -0.39 is 52.0 Å². The van der Waals surface area contributed by atoms with E-state index in [1.165, 1.54) is 27.8 Å². The van der Waals surface area contributed by atoms with E-state index in [-0.39, 0.29) is 52.8 Å². The molecule has 336 valence electrons. The molecule has 2 aliphatic carbocycles. The monoisotopic (exact) mass is 972 g/mol. The average molecular weight is 973 g/mol. The molecule has 0 aromatic heterocycles. The zero-order valence-corrected chi connectivity index (χ0v) is 43.2. The molecule has 12 nitrogen and oxygen atoms in total. The van der Waals surface area contributed by atoms with Crippen LogP contribution in [0.2, 0.25) is 0 Å². The number of nitriles is 2. The summed E-state index contributed by atoms with van der Waals surface area (Å²) in [6.45, 7) is 21.2. The zero-order valence-electron chi connectivity index (χ0n) is 36.5. The van der Waals surface area contributed by atoms with Crippen LogP contribution in [-0.2, 0) is 37.8 Å². The van der Waals surface area contributed by atoms with E-state index in [4.69, 9.17) is 28.6 Å². The standard InChI is InChI=1S/C22H33N2O4PS3.C15H27N2O4PS3.C2H6/c1-17(2)24(18(3)4)29(27-16-10-15-23)28-20-21(30-31-22(20)13-8-9-14-22)32(25,26)19-11-6-5-7-12-19;1-11(2)17(12(3)4)22(20-10-6-9-16)21-13-14(25(5,18)19)23-24-15(13)7-8-15;1-2/h5-7,11-12,17-18,20-21H,8-10,13-14,16H2,1-4H3;11-14H,6-8,10H2,1-5H3;1-2H3. The topological polar surface area (TPSA) is 159 Å². The molecule has 0 radical (unpaired) electrons. The highest BCUT2D eigenvalue weighted by Crippen LogP contribution is 2.68. The van der Waals surface area contributed by atoms with E-state index in [9.17, 15) is 16.8 Å². The highest BCUT2D eigenvalue weighted by molar-refractivity contribution is 8.79. The Morgan fingerprint density at radius 1 is 0.695 bits per heavy atom. The SMILES string of the molecule is CC.CC(C)N(C(C)C)P(OCCC#N)OC1C(S(=O)(=O)c2ccccc2)SSC12CCCC2.CC(C)N(C(C)C)P(OCCC#N)OC1C(S(C)(=O)=O)SSC12CC2. The predicted molar refractivity (Wildman–Crippen MR) is 251 cm³/mol. The minimum absolute atomic E-state index is 0.1000. The smallest absolute Gasteiger partial charge is 0.259 e. The van der Waals surface area contributed by atoms with Gasteiger partial charge in [-0.3, -0.25) is 0 Å². The van der Waals surface area contributed by atoms with Crippen molar-refractivity contribution in [3.8, 4) is 12.1 Å². The summed E-state index contributed by atoms with van der Waals surface area (Å²) in [4.78, 5) is 0.334. The van der Waals surface area contributed by atoms with Crippen molar-refractivity contribution in [3.63, 3.8) is 0 Å². The van der Waals surface area contributed by atoms with Crippen LogP contribution in [0.5, 0.6) is 0 Å². The van der Waals surface area contributed by atoms with E-state index in [2.05, 4.69) is 76.9 Å². The quantitative estimate of drug-likeness (QED) is 0.0731. The third kappa shape index (κ3) is 14.1. The molecular formula is C39H66N4O8P2S6. The molecule has 1 aromatic rings.